The molecule has 1 aromatic carbocycles. The Hall–Kier alpha value is -1.56. The molecule has 0 amide bonds. The Morgan fingerprint density at radius 2 is 1.91 bits per heavy atom. The van der Waals surface area contributed by atoms with Crippen LogP contribution in [0.5, 0.6) is 5.75 Å². The molecule has 2 atom stereocenters. The third-order valence-corrected chi connectivity index (χ3v) is 7.36. The van der Waals surface area contributed by atoms with Gasteiger partial charge in [-0.3, -0.25) is 9.52 Å². The van der Waals surface area contributed by atoms with E-state index in [-0.39, 0.29) is 17.0 Å². The third kappa shape index (κ3) is 2.53. The van der Waals surface area contributed by atoms with Crippen LogP contribution in [0.4, 0.5) is 5.69 Å². The van der Waals surface area contributed by atoms with E-state index < -0.39 is 15.4 Å². The molecule has 0 unspecified atom stereocenters. The van der Waals surface area contributed by atoms with Crippen molar-refractivity contribution in [3.8, 4) is 5.75 Å². The van der Waals surface area contributed by atoms with Gasteiger partial charge in [-0.1, -0.05) is 13.8 Å². The molecular weight excluding hydrogens is 314 g/mol. The minimum atomic E-state index is -3.60. The molecule has 0 aromatic heterocycles. The van der Waals surface area contributed by atoms with Crippen LogP contribution in [-0.4, -0.2) is 27.1 Å². The molecule has 2 fully saturated rings. The van der Waals surface area contributed by atoms with Crippen molar-refractivity contribution in [1.29, 1.82) is 0 Å². The largest absolute Gasteiger partial charge is 0.497 e. The molecule has 2 aliphatic rings. The number of nitrogens with one attached hydrogen (secondary N) is 1. The maximum absolute atomic E-state index is 12.6. The Morgan fingerprint density at radius 3 is 2.39 bits per heavy atom. The summed E-state index contributed by atoms with van der Waals surface area (Å²) in [6.45, 7) is 4.08. The van der Waals surface area contributed by atoms with Crippen molar-refractivity contribution in [2.45, 2.75) is 33.1 Å². The van der Waals surface area contributed by atoms with Gasteiger partial charge in [0.1, 0.15) is 11.5 Å². The van der Waals surface area contributed by atoms with Gasteiger partial charge in [-0.05, 0) is 48.4 Å². The number of methoxy groups -OCH3 is 1. The molecule has 1 N–H and O–H groups in total. The van der Waals surface area contributed by atoms with Crippen molar-refractivity contribution in [2.75, 3.05) is 17.6 Å². The highest BCUT2D eigenvalue weighted by atomic mass is 32.2. The van der Waals surface area contributed by atoms with E-state index in [0.29, 0.717) is 30.2 Å². The molecule has 0 aliphatic heterocycles. The van der Waals surface area contributed by atoms with Crippen molar-refractivity contribution < 1.29 is 17.9 Å². The molecule has 0 saturated heterocycles. The molecular formula is C17H23NO4S. The summed E-state index contributed by atoms with van der Waals surface area (Å²) in [6.07, 6.45) is 2.13. The van der Waals surface area contributed by atoms with Crippen LogP contribution < -0.4 is 9.46 Å². The number of anilines is 1. The quantitative estimate of drug-likeness (QED) is 0.897. The zero-order chi connectivity index (χ0) is 16.9. The second-order valence-corrected chi connectivity index (χ2v) is 8.98. The number of carbonyl (C=O) groups is 1. The predicted octanol–water partition coefficient (Wildman–Crippen LogP) is 2.83. The van der Waals surface area contributed by atoms with Crippen molar-refractivity contribution in [3.63, 3.8) is 0 Å². The van der Waals surface area contributed by atoms with Gasteiger partial charge in [0, 0.05) is 12.1 Å². The van der Waals surface area contributed by atoms with Gasteiger partial charge in [0.25, 0.3) is 0 Å². The molecule has 1 aromatic rings. The number of hydrogen-bond acceptors (Lipinski definition) is 4. The van der Waals surface area contributed by atoms with Crippen LogP contribution in [0, 0.1) is 16.7 Å². The van der Waals surface area contributed by atoms with Crippen LogP contribution in [0.25, 0.3) is 0 Å². The number of Topliss-reactive ketones (excluding diaryl/α,β-unsaturated/α-hetero) is 1. The van der Waals surface area contributed by atoms with Crippen molar-refractivity contribution in [3.05, 3.63) is 24.3 Å². The minimum Gasteiger partial charge on any atom is -0.497 e. The summed E-state index contributed by atoms with van der Waals surface area (Å²) in [4.78, 5) is 12.5. The smallest absolute Gasteiger partial charge is 0.233 e. The summed E-state index contributed by atoms with van der Waals surface area (Å²) >= 11 is 0. The number of sulfonamides is 1. The van der Waals surface area contributed by atoms with Crippen molar-refractivity contribution >= 4 is 21.5 Å². The lowest BCUT2D eigenvalue weighted by atomic mass is 9.70. The summed E-state index contributed by atoms with van der Waals surface area (Å²) in [5, 5.41) is 0. The van der Waals surface area contributed by atoms with E-state index in [1.54, 1.807) is 31.4 Å². The summed E-state index contributed by atoms with van der Waals surface area (Å²) in [5.74, 6) is 0.955. The second kappa shape index (κ2) is 5.23. The number of rotatable bonds is 5. The van der Waals surface area contributed by atoms with E-state index in [1.807, 2.05) is 13.8 Å². The van der Waals surface area contributed by atoms with Gasteiger partial charge in [-0.25, -0.2) is 8.42 Å². The number of carbonyl (C=O) groups excluding carboxylic acids is 1. The van der Waals surface area contributed by atoms with E-state index >= 15 is 0 Å². The van der Waals surface area contributed by atoms with Crippen LogP contribution in [0.2, 0.25) is 0 Å². The van der Waals surface area contributed by atoms with Gasteiger partial charge < -0.3 is 4.74 Å². The van der Waals surface area contributed by atoms with E-state index in [9.17, 15) is 13.2 Å². The predicted molar refractivity (Wildman–Crippen MR) is 89.0 cm³/mol. The molecule has 6 heteroatoms. The Labute approximate surface area is 137 Å². The second-order valence-electron chi connectivity index (χ2n) is 7.26. The molecule has 126 valence electrons. The van der Waals surface area contributed by atoms with E-state index in [4.69, 9.17) is 4.74 Å². The van der Waals surface area contributed by atoms with Crippen molar-refractivity contribution in [2.24, 2.45) is 16.7 Å². The van der Waals surface area contributed by atoms with Gasteiger partial charge in [0.2, 0.25) is 10.0 Å². The highest BCUT2D eigenvalue weighted by Crippen LogP contribution is 2.64. The fourth-order valence-electron chi connectivity index (χ4n) is 4.31. The van der Waals surface area contributed by atoms with Crippen LogP contribution >= 0.6 is 0 Å². The van der Waals surface area contributed by atoms with Gasteiger partial charge in [-0.2, -0.15) is 0 Å². The average Bonchev–Trinajstić information content (AvgIpc) is 2.81. The van der Waals surface area contributed by atoms with Gasteiger partial charge in [-0.15, -0.1) is 0 Å². The summed E-state index contributed by atoms with van der Waals surface area (Å²) in [5.41, 5.74) is -0.505. The lowest BCUT2D eigenvalue weighted by Gasteiger charge is -2.36. The molecule has 0 radical (unpaired) electrons. The van der Waals surface area contributed by atoms with Gasteiger partial charge in [0.15, 0.2) is 0 Å². The van der Waals surface area contributed by atoms with Crippen LogP contribution in [0.3, 0.4) is 0 Å². The first-order chi connectivity index (χ1) is 10.7. The molecule has 0 spiro atoms. The maximum atomic E-state index is 12.6. The first-order valence-corrected chi connectivity index (χ1v) is 9.53. The normalized spacial score (nSPS) is 28.8. The lowest BCUT2D eigenvalue weighted by molar-refractivity contribution is -0.128. The maximum Gasteiger partial charge on any atom is 0.233 e. The molecule has 0 heterocycles. The third-order valence-electron chi connectivity index (χ3n) is 5.94. The number of hydrogen-bond donors (Lipinski definition) is 1. The van der Waals surface area contributed by atoms with E-state index in [2.05, 4.69) is 4.72 Å². The van der Waals surface area contributed by atoms with Crippen molar-refractivity contribution in [1.82, 2.24) is 0 Å². The zero-order valence-electron chi connectivity index (χ0n) is 13.8. The first kappa shape index (κ1) is 16.3. The molecule has 3 rings (SSSR count). The van der Waals surface area contributed by atoms with Gasteiger partial charge in [0.05, 0.1) is 18.3 Å². The first-order valence-electron chi connectivity index (χ1n) is 7.88. The zero-order valence-corrected chi connectivity index (χ0v) is 14.6. The van der Waals surface area contributed by atoms with Crippen LogP contribution in [-0.2, 0) is 14.8 Å². The SMILES string of the molecule is COc1ccc(NS(=O)(=O)C[C@]23CC[C@@H](CC2=O)C3(C)C)cc1. The van der Waals surface area contributed by atoms with E-state index in [0.717, 1.165) is 6.42 Å². The highest BCUT2D eigenvalue weighted by Gasteiger charge is 2.65. The van der Waals surface area contributed by atoms with E-state index in [1.165, 1.54) is 0 Å². The topological polar surface area (TPSA) is 72.5 Å². The summed E-state index contributed by atoms with van der Waals surface area (Å²) < 4.78 is 32.9. The molecule has 23 heavy (non-hydrogen) atoms. The Morgan fingerprint density at radius 1 is 1.26 bits per heavy atom. The average molecular weight is 337 g/mol. The minimum absolute atomic E-state index is 0.110. The lowest BCUT2D eigenvalue weighted by Crippen LogP contribution is -2.43. The number of ketones is 1. The highest BCUT2D eigenvalue weighted by molar-refractivity contribution is 7.92. The molecule has 5 nitrogen and oxygen atoms in total. The Kier molecular flexibility index (Phi) is 3.71. The fourth-order valence-corrected chi connectivity index (χ4v) is 6.20. The monoisotopic (exact) mass is 337 g/mol. The number of ether oxygens (including phenoxy) is 1. The Balaban J connectivity index is 1.82. The summed E-state index contributed by atoms with van der Waals surface area (Å²) in [6, 6.07) is 6.72. The molecule has 2 aliphatic carbocycles. The molecule has 2 bridgehead atoms. The van der Waals surface area contributed by atoms with Crippen LogP contribution in [0.15, 0.2) is 24.3 Å². The number of benzene rings is 1. The standard InChI is InChI=1S/C17H23NO4S/c1-16(2)12-8-9-17(16,15(19)10-12)11-23(20,21)18-13-4-6-14(22-3)7-5-13/h4-7,12,18H,8-11H2,1-3H3/t12-,17+/m0/s1. The fraction of sp³-hybridized carbons (Fsp3) is 0.588. The Bertz CT molecular complexity index is 723. The van der Waals surface area contributed by atoms with Crippen LogP contribution in [0.1, 0.15) is 33.1 Å². The summed E-state index contributed by atoms with van der Waals surface area (Å²) in [7, 11) is -2.04. The number of fused-ring (bicyclic) bond motifs is 2. The van der Waals surface area contributed by atoms with Gasteiger partial charge >= 0.3 is 0 Å². The molecule has 2 saturated carbocycles.